The lowest BCUT2D eigenvalue weighted by Gasteiger charge is -2.09. The van der Waals surface area contributed by atoms with E-state index in [2.05, 4.69) is 15.3 Å². The van der Waals surface area contributed by atoms with E-state index in [1.807, 2.05) is 0 Å². The van der Waals surface area contributed by atoms with Crippen LogP contribution in [0.2, 0.25) is 0 Å². The molecule has 24 heavy (non-hydrogen) atoms. The van der Waals surface area contributed by atoms with E-state index in [-0.39, 0.29) is 5.95 Å². The zero-order valence-corrected chi connectivity index (χ0v) is 12.1. The summed E-state index contributed by atoms with van der Waals surface area (Å²) in [6.45, 7) is -0.556. The monoisotopic (exact) mass is 336 g/mol. The van der Waals surface area contributed by atoms with Crippen LogP contribution in [-0.2, 0) is 17.5 Å². The second-order valence-corrected chi connectivity index (χ2v) is 5.00. The molecular weight excluding hydrogens is 325 g/mol. The van der Waals surface area contributed by atoms with Crippen LogP contribution in [0.3, 0.4) is 0 Å². The SMILES string of the molecule is O=C(Cn1cccc(C(F)(F)F)c1=O)Nc1nc2ccccc2[nH]1. The first-order chi connectivity index (χ1) is 11.3. The standard InChI is InChI=1S/C15H11F3N4O2/c16-15(17,18)9-4-3-7-22(13(9)24)8-12(23)21-14-19-10-5-1-2-6-11(10)20-14/h1-7H,8H2,(H2,19,20,21,23). The molecule has 0 aliphatic heterocycles. The van der Waals surface area contributed by atoms with Crippen molar-refractivity contribution in [2.24, 2.45) is 0 Å². The number of rotatable bonds is 3. The van der Waals surface area contributed by atoms with Gasteiger partial charge in [0.15, 0.2) is 0 Å². The maximum Gasteiger partial charge on any atom is 0.421 e. The fourth-order valence-electron chi connectivity index (χ4n) is 2.22. The van der Waals surface area contributed by atoms with Crippen LogP contribution >= 0.6 is 0 Å². The Morgan fingerprint density at radius 1 is 1.21 bits per heavy atom. The number of alkyl halides is 3. The highest BCUT2D eigenvalue weighted by Gasteiger charge is 2.34. The molecular formula is C15H11F3N4O2. The highest BCUT2D eigenvalue weighted by atomic mass is 19.4. The highest BCUT2D eigenvalue weighted by molar-refractivity contribution is 5.90. The number of aromatic nitrogens is 3. The summed E-state index contributed by atoms with van der Waals surface area (Å²) in [5.41, 5.74) is -1.26. The molecule has 0 unspecified atom stereocenters. The summed E-state index contributed by atoms with van der Waals surface area (Å²) < 4.78 is 38.8. The van der Waals surface area contributed by atoms with Crippen LogP contribution in [0, 0.1) is 0 Å². The number of amides is 1. The van der Waals surface area contributed by atoms with E-state index >= 15 is 0 Å². The number of aromatic amines is 1. The van der Waals surface area contributed by atoms with E-state index in [1.165, 1.54) is 0 Å². The number of benzene rings is 1. The molecule has 0 radical (unpaired) electrons. The maximum absolute atomic E-state index is 12.7. The molecule has 6 nitrogen and oxygen atoms in total. The number of pyridine rings is 1. The summed E-state index contributed by atoms with van der Waals surface area (Å²) in [6, 6.07) is 8.80. The molecule has 124 valence electrons. The zero-order chi connectivity index (χ0) is 17.3. The number of hydrogen-bond acceptors (Lipinski definition) is 3. The van der Waals surface area contributed by atoms with Gasteiger partial charge in [0.25, 0.3) is 5.56 Å². The third-order valence-electron chi connectivity index (χ3n) is 3.29. The van der Waals surface area contributed by atoms with E-state index in [1.54, 1.807) is 24.3 Å². The number of imidazole rings is 1. The Balaban J connectivity index is 1.79. The number of carbonyl (C=O) groups is 1. The third kappa shape index (κ3) is 3.14. The predicted octanol–water partition coefficient (Wildman–Crippen LogP) is 2.38. The van der Waals surface area contributed by atoms with Gasteiger partial charge >= 0.3 is 6.18 Å². The van der Waals surface area contributed by atoms with Crippen LogP contribution in [-0.4, -0.2) is 20.4 Å². The fourth-order valence-corrected chi connectivity index (χ4v) is 2.22. The number of fused-ring (bicyclic) bond motifs is 1. The Bertz CT molecular complexity index is 926. The second-order valence-electron chi connectivity index (χ2n) is 5.00. The van der Waals surface area contributed by atoms with Crippen molar-refractivity contribution in [1.82, 2.24) is 14.5 Å². The molecule has 1 amide bonds. The Hall–Kier alpha value is -3.10. The first-order valence-corrected chi connectivity index (χ1v) is 6.86. The van der Waals surface area contributed by atoms with Crippen LogP contribution in [0.25, 0.3) is 11.0 Å². The van der Waals surface area contributed by atoms with Crippen LogP contribution < -0.4 is 10.9 Å². The molecule has 0 aliphatic rings. The van der Waals surface area contributed by atoms with Crippen molar-refractivity contribution in [3.63, 3.8) is 0 Å². The number of carbonyl (C=O) groups excluding carboxylic acids is 1. The molecule has 2 N–H and O–H groups in total. The minimum absolute atomic E-state index is 0.154. The van der Waals surface area contributed by atoms with Crippen molar-refractivity contribution in [2.75, 3.05) is 5.32 Å². The van der Waals surface area contributed by atoms with Gasteiger partial charge in [-0.05, 0) is 24.3 Å². The lowest BCUT2D eigenvalue weighted by molar-refractivity contribution is -0.139. The molecule has 9 heteroatoms. The first kappa shape index (κ1) is 15.8. The highest BCUT2D eigenvalue weighted by Crippen LogP contribution is 2.25. The minimum Gasteiger partial charge on any atom is -0.324 e. The molecule has 0 saturated heterocycles. The van der Waals surface area contributed by atoms with Crippen molar-refractivity contribution in [2.45, 2.75) is 12.7 Å². The van der Waals surface area contributed by atoms with E-state index in [9.17, 15) is 22.8 Å². The molecule has 0 spiro atoms. The molecule has 0 fully saturated rings. The van der Waals surface area contributed by atoms with E-state index in [0.717, 1.165) is 12.3 Å². The van der Waals surface area contributed by atoms with Gasteiger partial charge in [0.05, 0.1) is 11.0 Å². The number of halogens is 3. The van der Waals surface area contributed by atoms with Gasteiger partial charge in [-0.2, -0.15) is 13.2 Å². The van der Waals surface area contributed by atoms with Gasteiger partial charge in [0.1, 0.15) is 12.1 Å². The predicted molar refractivity (Wildman–Crippen MR) is 80.4 cm³/mol. The minimum atomic E-state index is -4.77. The number of H-pyrrole nitrogens is 1. The third-order valence-corrected chi connectivity index (χ3v) is 3.29. The molecule has 0 saturated carbocycles. The summed E-state index contributed by atoms with van der Waals surface area (Å²) in [6.07, 6.45) is -3.65. The maximum atomic E-state index is 12.7. The van der Waals surface area contributed by atoms with Crippen molar-refractivity contribution in [3.8, 4) is 0 Å². The Labute approximate surface area is 132 Å². The molecule has 3 rings (SSSR count). The lowest BCUT2D eigenvalue weighted by atomic mass is 10.2. The number of anilines is 1. The quantitative estimate of drug-likeness (QED) is 0.771. The number of hydrogen-bond donors (Lipinski definition) is 2. The number of nitrogens with one attached hydrogen (secondary N) is 2. The second kappa shape index (κ2) is 5.84. The Kier molecular flexibility index (Phi) is 3.84. The van der Waals surface area contributed by atoms with Gasteiger partial charge in [-0.15, -0.1) is 0 Å². The Morgan fingerprint density at radius 2 is 1.96 bits per heavy atom. The number of para-hydroxylation sites is 2. The van der Waals surface area contributed by atoms with Crippen molar-refractivity contribution >= 4 is 22.9 Å². The van der Waals surface area contributed by atoms with Crippen molar-refractivity contribution in [1.29, 1.82) is 0 Å². The Morgan fingerprint density at radius 3 is 2.67 bits per heavy atom. The van der Waals surface area contributed by atoms with Gasteiger partial charge in [0, 0.05) is 6.20 Å². The van der Waals surface area contributed by atoms with E-state index < -0.39 is 29.8 Å². The first-order valence-electron chi connectivity index (χ1n) is 6.86. The van der Waals surface area contributed by atoms with Crippen molar-refractivity contribution < 1.29 is 18.0 Å². The summed E-state index contributed by atoms with van der Waals surface area (Å²) in [7, 11) is 0. The molecule has 3 aromatic rings. The smallest absolute Gasteiger partial charge is 0.324 e. The summed E-state index contributed by atoms with van der Waals surface area (Å²) in [5.74, 6) is -0.517. The fraction of sp³-hybridized carbons (Fsp3) is 0.133. The topological polar surface area (TPSA) is 79.8 Å². The summed E-state index contributed by atoms with van der Waals surface area (Å²) in [5, 5.41) is 2.42. The van der Waals surface area contributed by atoms with Gasteiger partial charge in [0.2, 0.25) is 11.9 Å². The van der Waals surface area contributed by atoms with Gasteiger partial charge in [-0.3, -0.25) is 14.9 Å². The van der Waals surface area contributed by atoms with Gasteiger partial charge < -0.3 is 9.55 Å². The average Bonchev–Trinajstić information content (AvgIpc) is 2.90. The molecule has 1 aromatic carbocycles. The van der Waals surface area contributed by atoms with Crippen LogP contribution in [0.15, 0.2) is 47.4 Å². The van der Waals surface area contributed by atoms with Gasteiger partial charge in [-0.25, -0.2) is 4.98 Å². The van der Waals surface area contributed by atoms with Crippen LogP contribution in [0.1, 0.15) is 5.56 Å². The van der Waals surface area contributed by atoms with Crippen LogP contribution in [0.5, 0.6) is 0 Å². The molecule has 2 aromatic heterocycles. The molecule has 0 bridgehead atoms. The number of nitrogens with zero attached hydrogens (tertiary/aromatic N) is 2. The van der Waals surface area contributed by atoms with Gasteiger partial charge in [-0.1, -0.05) is 12.1 Å². The van der Waals surface area contributed by atoms with Crippen LogP contribution in [0.4, 0.5) is 19.1 Å². The normalized spacial score (nSPS) is 11.6. The average molecular weight is 336 g/mol. The largest absolute Gasteiger partial charge is 0.421 e. The lowest BCUT2D eigenvalue weighted by Crippen LogP contribution is -2.32. The molecule has 0 atom stereocenters. The van der Waals surface area contributed by atoms with Crippen molar-refractivity contribution in [3.05, 3.63) is 58.5 Å². The summed E-state index contributed by atoms with van der Waals surface area (Å²) in [4.78, 5) is 30.7. The molecule has 2 heterocycles. The van der Waals surface area contributed by atoms with E-state index in [4.69, 9.17) is 0 Å². The summed E-state index contributed by atoms with van der Waals surface area (Å²) >= 11 is 0. The zero-order valence-electron chi connectivity index (χ0n) is 12.1. The molecule has 0 aliphatic carbocycles. The van der Waals surface area contributed by atoms with E-state index in [0.29, 0.717) is 21.7 Å².